The van der Waals surface area contributed by atoms with Crippen molar-refractivity contribution in [3.63, 3.8) is 0 Å². The van der Waals surface area contributed by atoms with Gasteiger partial charge in [0, 0.05) is 47.9 Å². The minimum atomic E-state index is -2.76. The highest BCUT2D eigenvalue weighted by Crippen LogP contribution is 2.64. The average Bonchev–Trinajstić information content (AvgIpc) is 3.11. The number of halogens is 1. The van der Waals surface area contributed by atoms with Crippen molar-refractivity contribution in [1.82, 2.24) is 19.7 Å². The number of nitrogens with zero attached hydrogens (tertiary/aromatic N) is 4. The first kappa shape index (κ1) is 18.9. The van der Waals surface area contributed by atoms with Crippen LogP contribution in [0.2, 0.25) is 0 Å². The van der Waals surface area contributed by atoms with Gasteiger partial charge in [-0.15, -0.1) is 0 Å². The molecule has 1 spiro atoms. The molecule has 4 atom stereocenters. The van der Waals surface area contributed by atoms with Gasteiger partial charge in [0.25, 0.3) is 0 Å². The van der Waals surface area contributed by atoms with E-state index in [1.807, 2.05) is 0 Å². The third-order valence-electron chi connectivity index (χ3n) is 7.91. The molecule has 2 aliphatic carbocycles. The summed E-state index contributed by atoms with van der Waals surface area (Å²) in [7, 11) is -2.76. The number of hydrogen-bond donors (Lipinski definition) is 0. The van der Waals surface area contributed by atoms with Crippen LogP contribution in [0.4, 0.5) is 4.39 Å². The molecule has 2 saturated heterocycles. The van der Waals surface area contributed by atoms with E-state index in [2.05, 4.69) is 27.6 Å². The Balaban J connectivity index is 1.14. The van der Waals surface area contributed by atoms with Crippen molar-refractivity contribution < 1.29 is 12.8 Å². The number of fused-ring (bicyclic) bond motifs is 1. The van der Waals surface area contributed by atoms with Crippen LogP contribution in [0, 0.1) is 23.1 Å². The molecule has 0 radical (unpaired) electrons. The van der Waals surface area contributed by atoms with Crippen LogP contribution in [0.3, 0.4) is 0 Å². The lowest BCUT2D eigenvalue weighted by Gasteiger charge is -2.38. The topological polar surface area (TPSA) is 68.1 Å². The highest BCUT2D eigenvalue weighted by atomic mass is 32.2. The Kier molecular flexibility index (Phi) is 4.01. The van der Waals surface area contributed by atoms with Crippen LogP contribution in [0.1, 0.15) is 37.8 Å². The molecule has 8 heteroatoms. The molecule has 4 aliphatic rings. The molecule has 2 aliphatic heterocycles. The monoisotopic (exact) mass is 430 g/mol. The summed E-state index contributed by atoms with van der Waals surface area (Å²) in [5.41, 5.74) is 2.85. The summed E-state index contributed by atoms with van der Waals surface area (Å²) in [5.74, 6) is 2.38. The molecule has 4 heterocycles. The van der Waals surface area contributed by atoms with E-state index in [1.54, 1.807) is 6.20 Å². The van der Waals surface area contributed by atoms with Gasteiger partial charge in [-0.1, -0.05) is 0 Å². The first-order chi connectivity index (χ1) is 14.4. The number of likely N-dealkylation sites (tertiary alicyclic amines) is 1. The summed E-state index contributed by atoms with van der Waals surface area (Å²) in [5, 5.41) is 4.72. The fourth-order valence-electron chi connectivity index (χ4n) is 6.60. The molecule has 160 valence electrons. The fourth-order valence-corrected chi connectivity index (χ4v) is 8.86. The number of hydrogen-bond acceptors (Lipinski definition) is 5. The van der Waals surface area contributed by atoms with Gasteiger partial charge >= 0.3 is 0 Å². The first-order valence-electron chi connectivity index (χ1n) is 11.0. The summed E-state index contributed by atoms with van der Waals surface area (Å²) in [4.78, 5) is 6.53. The highest BCUT2D eigenvalue weighted by molar-refractivity contribution is 7.92. The molecular weight excluding hydrogens is 403 g/mol. The Morgan fingerprint density at radius 2 is 1.97 bits per heavy atom. The van der Waals surface area contributed by atoms with Crippen LogP contribution in [0.15, 0.2) is 24.5 Å². The van der Waals surface area contributed by atoms with Gasteiger partial charge in [-0.2, -0.15) is 5.10 Å². The number of aromatic nitrogens is 3. The molecule has 4 fully saturated rings. The Bertz CT molecular complexity index is 1090. The Morgan fingerprint density at radius 1 is 1.20 bits per heavy atom. The van der Waals surface area contributed by atoms with Gasteiger partial charge in [-0.25, -0.2) is 12.8 Å². The average molecular weight is 431 g/mol. The molecular formula is C22H27FN4O2S. The maximum Gasteiger partial charge on any atom is 0.151 e. The molecule has 2 aromatic heterocycles. The SMILES string of the molecule is CCn1nc(-c2cncc(F)c2)cc1[C@H]1[C@@H]2C[C@H](N3CCC4(C3)CS(=O)(=O)C4)C[C@@H]21. The Labute approximate surface area is 176 Å². The van der Waals surface area contributed by atoms with Crippen LogP contribution in [-0.4, -0.2) is 58.7 Å². The van der Waals surface area contributed by atoms with Crippen LogP contribution < -0.4 is 0 Å². The normalized spacial score (nSPS) is 33.5. The fraction of sp³-hybridized carbons (Fsp3) is 0.636. The summed E-state index contributed by atoms with van der Waals surface area (Å²) < 4.78 is 39.0. The molecule has 30 heavy (non-hydrogen) atoms. The third kappa shape index (κ3) is 2.94. The number of aryl methyl sites for hydroxylation is 1. The highest BCUT2D eigenvalue weighted by Gasteiger charge is 2.60. The van der Waals surface area contributed by atoms with E-state index in [4.69, 9.17) is 5.10 Å². The zero-order chi connectivity index (χ0) is 20.7. The van der Waals surface area contributed by atoms with Crippen LogP contribution >= 0.6 is 0 Å². The number of pyridine rings is 1. The van der Waals surface area contributed by atoms with Gasteiger partial charge < -0.3 is 0 Å². The molecule has 0 unspecified atom stereocenters. The van der Waals surface area contributed by atoms with Gasteiger partial charge in [0.15, 0.2) is 9.84 Å². The predicted molar refractivity (Wildman–Crippen MR) is 111 cm³/mol. The van der Waals surface area contributed by atoms with Crippen molar-refractivity contribution in [1.29, 1.82) is 0 Å². The van der Waals surface area contributed by atoms with Crippen molar-refractivity contribution in [2.45, 2.75) is 44.7 Å². The van der Waals surface area contributed by atoms with Crippen molar-refractivity contribution >= 4 is 9.84 Å². The zero-order valence-electron chi connectivity index (χ0n) is 17.2. The maximum absolute atomic E-state index is 13.6. The summed E-state index contributed by atoms with van der Waals surface area (Å²) >= 11 is 0. The summed E-state index contributed by atoms with van der Waals surface area (Å²) in [6, 6.07) is 4.22. The molecule has 2 saturated carbocycles. The van der Waals surface area contributed by atoms with Crippen molar-refractivity contribution in [3.05, 3.63) is 36.0 Å². The number of rotatable bonds is 4. The molecule has 0 bridgehead atoms. The van der Waals surface area contributed by atoms with E-state index >= 15 is 0 Å². The largest absolute Gasteiger partial charge is 0.300 e. The van der Waals surface area contributed by atoms with Gasteiger partial charge in [-0.3, -0.25) is 14.6 Å². The van der Waals surface area contributed by atoms with Gasteiger partial charge in [0.2, 0.25) is 0 Å². The third-order valence-corrected chi connectivity index (χ3v) is 10.0. The van der Waals surface area contributed by atoms with Crippen molar-refractivity contribution in [2.75, 3.05) is 24.6 Å². The number of sulfone groups is 1. The standard InChI is InChI=1S/C22H27FN4O2S/c1-2-27-20(8-19(25-27)14-5-15(23)10-24-9-14)21-17-6-16(7-18(17)21)26-4-3-22(11-26)12-30(28,29)13-22/h5,8-10,16-18,21H,2-4,6-7,11-13H2,1H3/t16-,17+,18-,21-. The first-order valence-corrected chi connectivity index (χ1v) is 12.8. The van der Waals surface area contributed by atoms with Crippen LogP contribution in [0.25, 0.3) is 11.3 Å². The second-order valence-electron chi connectivity index (χ2n) is 9.89. The molecule has 6 rings (SSSR count). The molecule has 6 nitrogen and oxygen atoms in total. The minimum absolute atomic E-state index is 0.0553. The minimum Gasteiger partial charge on any atom is -0.300 e. The van der Waals surface area contributed by atoms with Crippen LogP contribution in [-0.2, 0) is 16.4 Å². The van der Waals surface area contributed by atoms with Crippen molar-refractivity contribution in [2.24, 2.45) is 17.3 Å². The second-order valence-corrected chi connectivity index (χ2v) is 12.0. The Morgan fingerprint density at radius 3 is 2.63 bits per heavy atom. The van der Waals surface area contributed by atoms with Crippen LogP contribution in [0.5, 0.6) is 0 Å². The van der Waals surface area contributed by atoms with Gasteiger partial charge in [-0.05, 0) is 56.7 Å². The van der Waals surface area contributed by atoms with Gasteiger partial charge in [0.05, 0.1) is 23.4 Å². The zero-order valence-corrected chi connectivity index (χ0v) is 18.0. The second kappa shape index (κ2) is 6.36. The molecule has 0 amide bonds. The van der Waals surface area contributed by atoms with E-state index in [-0.39, 0.29) is 11.2 Å². The van der Waals surface area contributed by atoms with E-state index in [0.717, 1.165) is 37.3 Å². The maximum atomic E-state index is 13.6. The summed E-state index contributed by atoms with van der Waals surface area (Å²) in [6.07, 6.45) is 6.32. The van der Waals surface area contributed by atoms with E-state index in [1.165, 1.54) is 30.8 Å². The van der Waals surface area contributed by atoms with Crippen molar-refractivity contribution in [3.8, 4) is 11.3 Å². The van der Waals surface area contributed by atoms with E-state index < -0.39 is 9.84 Å². The molecule has 2 aromatic rings. The Hall–Kier alpha value is -1.80. The lowest BCUT2D eigenvalue weighted by atomic mass is 9.91. The summed E-state index contributed by atoms with van der Waals surface area (Å²) in [6.45, 7) is 4.92. The van der Waals surface area contributed by atoms with Gasteiger partial charge in [0.1, 0.15) is 5.82 Å². The van der Waals surface area contributed by atoms with E-state index in [0.29, 0.717) is 35.3 Å². The quantitative estimate of drug-likeness (QED) is 0.746. The van der Waals surface area contributed by atoms with E-state index in [9.17, 15) is 12.8 Å². The molecule has 0 aromatic carbocycles. The lowest BCUT2D eigenvalue weighted by molar-refractivity contribution is 0.201. The lowest BCUT2D eigenvalue weighted by Crippen LogP contribution is -2.50. The molecule has 0 N–H and O–H groups in total. The predicted octanol–water partition coefficient (Wildman–Crippen LogP) is 2.72. The smallest absolute Gasteiger partial charge is 0.151 e.